The predicted octanol–water partition coefficient (Wildman–Crippen LogP) is 3.15. The molecule has 0 radical (unpaired) electrons. The van der Waals surface area contributed by atoms with Crippen molar-refractivity contribution in [2.75, 3.05) is 0 Å². The Labute approximate surface area is 59.5 Å². The number of hydrogen-bond donors (Lipinski definition) is 0. The summed E-state index contributed by atoms with van der Waals surface area (Å²) in [5, 5.41) is 2.32. The van der Waals surface area contributed by atoms with Gasteiger partial charge in [0.1, 0.15) is 16.0 Å². The van der Waals surface area contributed by atoms with Gasteiger partial charge in [-0.05, 0) is 29.0 Å². The summed E-state index contributed by atoms with van der Waals surface area (Å²) in [4.78, 5) is 1.55. The molecule has 9 heavy (non-hydrogen) atoms. The molecule has 0 fully saturated rings. The topological polar surface area (TPSA) is 0 Å². The van der Waals surface area contributed by atoms with Crippen LogP contribution in [0.15, 0.2) is 17.5 Å². The van der Waals surface area contributed by atoms with E-state index in [1.54, 1.807) is 4.88 Å². The minimum atomic E-state index is 0.508. The molecule has 1 aromatic rings. The molecular formula is C8H13S+. The van der Waals surface area contributed by atoms with E-state index in [0.717, 1.165) is 0 Å². The SMILES string of the molecule is CCC[s+]1cccc1C. The molecule has 0 aliphatic rings. The quantitative estimate of drug-likeness (QED) is 0.555. The van der Waals surface area contributed by atoms with E-state index in [0.29, 0.717) is 10.5 Å². The molecule has 1 heterocycles. The van der Waals surface area contributed by atoms with Crippen LogP contribution in [0.25, 0.3) is 0 Å². The summed E-state index contributed by atoms with van der Waals surface area (Å²) in [6.45, 7) is 4.46. The first kappa shape index (κ1) is 6.81. The van der Waals surface area contributed by atoms with E-state index in [9.17, 15) is 0 Å². The first-order valence-electron chi connectivity index (χ1n) is 3.39. The smallest absolute Gasteiger partial charge is 0.0605 e. The lowest BCUT2D eigenvalue weighted by Gasteiger charge is -1.83. The molecule has 0 amide bonds. The van der Waals surface area contributed by atoms with Gasteiger partial charge in [-0.15, -0.1) is 0 Å². The van der Waals surface area contributed by atoms with E-state index >= 15 is 0 Å². The van der Waals surface area contributed by atoms with Gasteiger partial charge < -0.3 is 0 Å². The lowest BCUT2D eigenvalue weighted by molar-refractivity contribution is 1.03. The third-order valence-electron chi connectivity index (χ3n) is 1.41. The molecule has 0 nitrogen and oxygen atoms in total. The van der Waals surface area contributed by atoms with Crippen molar-refractivity contribution in [3.63, 3.8) is 0 Å². The summed E-state index contributed by atoms with van der Waals surface area (Å²) in [5.74, 6) is 1.35. The van der Waals surface area contributed by atoms with Gasteiger partial charge in [0, 0.05) is 6.92 Å². The van der Waals surface area contributed by atoms with Crippen molar-refractivity contribution < 1.29 is 0 Å². The molecular weight excluding hydrogens is 128 g/mol. The van der Waals surface area contributed by atoms with Gasteiger partial charge in [-0.2, -0.15) is 0 Å². The van der Waals surface area contributed by atoms with Crippen LogP contribution in [0.2, 0.25) is 0 Å². The normalized spacial score (nSPS) is 12.0. The van der Waals surface area contributed by atoms with E-state index in [1.807, 2.05) is 0 Å². The molecule has 0 bridgehead atoms. The third-order valence-corrected chi connectivity index (χ3v) is 3.71. The molecule has 1 heteroatoms. The fourth-order valence-electron chi connectivity index (χ4n) is 0.913. The highest BCUT2D eigenvalue weighted by Crippen LogP contribution is 2.25. The molecule has 0 N–H and O–H groups in total. The maximum atomic E-state index is 2.32. The summed E-state index contributed by atoms with van der Waals surface area (Å²) < 4.78 is 0. The maximum absolute atomic E-state index is 2.32. The molecule has 0 aliphatic carbocycles. The molecule has 0 aliphatic heterocycles. The largest absolute Gasteiger partial charge is 0.147 e. The summed E-state index contributed by atoms with van der Waals surface area (Å²) in [7, 11) is 0.508. The Morgan fingerprint density at radius 2 is 2.33 bits per heavy atom. The molecule has 0 aromatic carbocycles. The van der Waals surface area contributed by atoms with Crippen LogP contribution in [0.1, 0.15) is 18.2 Å². The number of aryl methyl sites for hydroxylation is 2. The zero-order chi connectivity index (χ0) is 6.69. The Morgan fingerprint density at radius 3 is 2.78 bits per heavy atom. The van der Waals surface area contributed by atoms with E-state index < -0.39 is 0 Å². The second-order valence-electron chi connectivity index (χ2n) is 2.24. The highest BCUT2D eigenvalue weighted by atomic mass is 32.2. The second kappa shape index (κ2) is 3.02. The molecule has 1 unspecified atom stereocenters. The van der Waals surface area contributed by atoms with Gasteiger partial charge in [-0.1, -0.05) is 6.92 Å². The standard InChI is InChI=1S/C8H13S/c1-3-6-9-7-4-5-8(9)2/h4-5,7H,3,6H2,1-2H3/q+1. The van der Waals surface area contributed by atoms with Gasteiger partial charge in [0.05, 0.1) is 0 Å². The Morgan fingerprint density at radius 1 is 1.56 bits per heavy atom. The van der Waals surface area contributed by atoms with E-state index in [-0.39, 0.29) is 0 Å². The lowest BCUT2D eigenvalue weighted by atomic mass is 10.5. The molecule has 0 spiro atoms. The molecule has 0 saturated carbocycles. The van der Waals surface area contributed by atoms with E-state index in [4.69, 9.17) is 0 Å². The number of hydrogen-bond acceptors (Lipinski definition) is 0. The predicted molar refractivity (Wildman–Crippen MR) is 43.9 cm³/mol. The zero-order valence-electron chi connectivity index (χ0n) is 6.05. The number of rotatable bonds is 2. The Kier molecular flexibility index (Phi) is 2.29. The van der Waals surface area contributed by atoms with Gasteiger partial charge >= 0.3 is 0 Å². The van der Waals surface area contributed by atoms with Crippen LogP contribution in [0.3, 0.4) is 0 Å². The van der Waals surface area contributed by atoms with Crippen molar-refractivity contribution in [1.82, 2.24) is 0 Å². The van der Waals surface area contributed by atoms with Crippen LogP contribution < -0.4 is 0 Å². The van der Waals surface area contributed by atoms with Crippen molar-refractivity contribution in [2.45, 2.75) is 26.0 Å². The van der Waals surface area contributed by atoms with Crippen LogP contribution in [0.5, 0.6) is 0 Å². The van der Waals surface area contributed by atoms with Crippen LogP contribution in [0, 0.1) is 6.92 Å². The van der Waals surface area contributed by atoms with Gasteiger partial charge in [0.15, 0.2) is 0 Å². The van der Waals surface area contributed by atoms with Crippen molar-refractivity contribution >= 4 is 10.5 Å². The first-order valence-corrected chi connectivity index (χ1v) is 4.85. The minimum Gasteiger partial charge on any atom is -0.0605 e. The first-order chi connectivity index (χ1) is 4.34. The Balaban J connectivity index is 2.69. The summed E-state index contributed by atoms with van der Waals surface area (Å²) >= 11 is 0. The monoisotopic (exact) mass is 141 g/mol. The molecule has 50 valence electrons. The zero-order valence-corrected chi connectivity index (χ0v) is 6.87. The molecule has 1 atom stereocenters. The van der Waals surface area contributed by atoms with Gasteiger partial charge in [-0.25, -0.2) is 0 Å². The van der Waals surface area contributed by atoms with E-state index in [2.05, 4.69) is 31.4 Å². The average Bonchev–Trinajstić information content (AvgIpc) is 2.18. The van der Waals surface area contributed by atoms with Crippen LogP contribution in [-0.2, 0) is 5.75 Å². The van der Waals surface area contributed by atoms with Crippen molar-refractivity contribution in [3.8, 4) is 0 Å². The Bertz CT molecular complexity index is 176. The highest BCUT2D eigenvalue weighted by molar-refractivity contribution is 7.29. The Hall–Kier alpha value is -0.300. The second-order valence-corrected chi connectivity index (χ2v) is 4.42. The van der Waals surface area contributed by atoms with Gasteiger partial charge in [-0.3, -0.25) is 0 Å². The fraction of sp³-hybridized carbons (Fsp3) is 0.500. The van der Waals surface area contributed by atoms with Crippen LogP contribution in [0.4, 0.5) is 0 Å². The van der Waals surface area contributed by atoms with Crippen molar-refractivity contribution in [1.29, 1.82) is 0 Å². The molecule has 1 aromatic heterocycles. The third kappa shape index (κ3) is 1.55. The fourth-order valence-corrected chi connectivity index (χ4v) is 2.55. The minimum absolute atomic E-state index is 0.508. The maximum Gasteiger partial charge on any atom is 0.147 e. The van der Waals surface area contributed by atoms with Gasteiger partial charge in [0.2, 0.25) is 0 Å². The number of thiophene rings is 1. The summed E-state index contributed by atoms with van der Waals surface area (Å²) in [6.07, 6.45) is 1.30. The lowest BCUT2D eigenvalue weighted by Crippen LogP contribution is -1.68. The van der Waals surface area contributed by atoms with Crippen LogP contribution >= 0.6 is 10.5 Å². The van der Waals surface area contributed by atoms with Gasteiger partial charge in [0.25, 0.3) is 0 Å². The summed E-state index contributed by atoms with van der Waals surface area (Å²) in [5.41, 5.74) is 0. The van der Waals surface area contributed by atoms with Crippen molar-refractivity contribution in [3.05, 3.63) is 22.4 Å². The molecule has 1 rings (SSSR count). The van der Waals surface area contributed by atoms with Crippen molar-refractivity contribution in [2.24, 2.45) is 0 Å². The summed E-state index contributed by atoms with van der Waals surface area (Å²) in [6, 6.07) is 4.40. The highest BCUT2D eigenvalue weighted by Gasteiger charge is 2.04. The average molecular weight is 141 g/mol. The van der Waals surface area contributed by atoms with E-state index in [1.165, 1.54) is 12.2 Å². The molecule has 0 saturated heterocycles. The van der Waals surface area contributed by atoms with Crippen LogP contribution in [-0.4, -0.2) is 0 Å².